The van der Waals surface area contributed by atoms with E-state index in [4.69, 9.17) is 9.47 Å². The average Bonchev–Trinajstić information content (AvgIpc) is 2.92. The molecule has 0 aliphatic carbocycles. The van der Waals surface area contributed by atoms with Gasteiger partial charge in [-0.15, -0.1) is 0 Å². The molecule has 29 heavy (non-hydrogen) atoms. The minimum atomic E-state index is -0.327. The number of carbonyl (C=O) groups excluding carboxylic acids is 3. The lowest BCUT2D eigenvalue weighted by Gasteiger charge is -2.26. The summed E-state index contributed by atoms with van der Waals surface area (Å²) in [5, 5.41) is 2.70. The van der Waals surface area contributed by atoms with Crippen molar-refractivity contribution < 1.29 is 23.9 Å². The highest BCUT2D eigenvalue weighted by atomic mass is 16.5. The fourth-order valence-corrected chi connectivity index (χ4v) is 3.22. The Morgan fingerprint density at radius 1 is 1.03 bits per heavy atom. The minimum absolute atomic E-state index is 0.180. The summed E-state index contributed by atoms with van der Waals surface area (Å²) in [6.07, 6.45) is 0. The summed E-state index contributed by atoms with van der Waals surface area (Å²) < 4.78 is 10.4. The van der Waals surface area contributed by atoms with E-state index in [1.807, 2.05) is 18.7 Å². The smallest absolute Gasteiger partial charge is 0.278 e. The van der Waals surface area contributed by atoms with Gasteiger partial charge in [-0.25, -0.2) is 0 Å². The highest BCUT2D eigenvalue weighted by molar-refractivity contribution is 6.35. The van der Waals surface area contributed by atoms with Crippen molar-refractivity contribution in [3.05, 3.63) is 35.5 Å². The molecule has 8 heteroatoms. The molecule has 0 unspecified atom stereocenters. The van der Waals surface area contributed by atoms with Crippen molar-refractivity contribution >= 4 is 29.0 Å². The number of carbonyl (C=O) groups is 3. The largest absolute Gasteiger partial charge is 0.383 e. The van der Waals surface area contributed by atoms with Gasteiger partial charge in [0.05, 0.1) is 18.8 Å². The van der Waals surface area contributed by atoms with Crippen LogP contribution in [-0.4, -0.2) is 74.1 Å². The van der Waals surface area contributed by atoms with Gasteiger partial charge in [-0.05, 0) is 31.5 Å². The highest BCUT2D eigenvalue weighted by Crippen LogP contribution is 2.33. The number of hydrogen-bond donors (Lipinski definition) is 1. The molecule has 0 saturated carbocycles. The van der Waals surface area contributed by atoms with Gasteiger partial charge in [0.1, 0.15) is 5.70 Å². The molecular formula is C21H29N3O5. The molecule has 3 amide bonds. The van der Waals surface area contributed by atoms with Crippen LogP contribution in [0.4, 0.5) is 5.69 Å². The van der Waals surface area contributed by atoms with Gasteiger partial charge in [-0.1, -0.05) is 12.1 Å². The third kappa shape index (κ3) is 5.21. The van der Waals surface area contributed by atoms with E-state index in [0.29, 0.717) is 48.8 Å². The van der Waals surface area contributed by atoms with Gasteiger partial charge >= 0.3 is 0 Å². The number of nitrogens with zero attached hydrogens (tertiary/aromatic N) is 2. The van der Waals surface area contributed by atoms with E-state index in [0.717, 1.165) is 0 Å². The molecule has 1 aliphatic rings. The van der Waals surface area contributed by atoms with Crippen molar-refractivity contribution in [2.75, 3.05) is 45.8 Å². The molecule has 1 aromatic carbocycles. The summed E-state index contributed by atoms with van der Waals surface area (Å²) >= 11 is 0. The normalized spacial score (nSPS) is 14.2. The van der Waals surface area contributed by atoms with Crippen molar-refractivity contribution in [2.45, 2.75) is 26.8 Å². The molecule has 2 rings (SSSR count). The summed E-state index contributed by atoms with van der Waals surface area (Å²) in [4.78, 5) is 40.7. The van der Waals surface area contributed by atoms with E-state index in [1.54, 1.807) is 38.5 Å². The first kappa shape index (κ1) is 22.6. The summed E-state index contributed by atoms with van der Waals surface area (Å²) in [5.41, 5.74) is 1.95. The molecule has 0 spiro atoms. The molecule has 158 valence electrons. The zero-order valence-corrected chi connectivity index (χ0v) is 17.7. The van der Waals surface area contributed by atoms with Crippen molar-refractivity contribution in [3.8, 4) is 0 Å². The SMILES string of the molecule is COCCN(CCOC)C1=C(c2ccc(NC(C)=O)cc2)C(=O)N(C(C)C)C1=O. The summed E-state index contributed by atoms with van der Waals surface area (Å²) in [7, 11) is 3.18. The molecule has 1 heterocycles. The molecular weight excluding hydrogens is 374 g/mol. The Kier molecular flexibility index (Phi) is 7.92. The van der Waals surface area contributed by atoms with E-state index >= 15 is 0 Å². The zero-order valence-electron chi connectivity index (χ0n) is 17.7. The van der Waals surface area contributed by atoms with Gasteiger partial charge in [0, 0.05) is 46.0 Å². The number of benzene rings is 1. The first-order chi connectivity index (χ1) is 13.8. The van der Waals surface area contributed by atoms with Crippen LogP contribution >= 0.6 is 0 Å². The van der Waals surface area contributed by atoms with Crippen molar-refractivity contribution in [1.29, 1.82) is 0 Å². The van der Waals surface area contributed by atoms with Crippen LogP contribution in [0.3, 0.4) is 0 Å². The van der Waals surface area contributed by atoms with Gasteiger partial charge < -0.3 is 19.7 Å². The lowest BCUT2D eigenvalue weighted by Crippen LogP contribution is -2.40. The topological polar surface area (TPSA) is 88.2 Å². The maximum absolute atomic E-state index is 13.2. The molecule has 0 bridgehead atoms. The maximum atomic E-state index is 13.2. The zero-order chi connectivity index (χ0) is 21.6. The number of amides is 3. The Balaban J connectivity index is 2.52. The van der Waals surface area contributed by atoms with Crippen LogP contribution in [0.2, 0.25) is 0 Å². The van der Waals surface area contributed by atoms with E-state index in [1.165, 1.54) is 11.8 Å². The number of nitrogens with one attached hydrogen (secondary N) is 1. The monoisotopic (exact) mass is 403 g/mol. The third-order valence-electron chi connectivity index (χ3n) is 4.55. The molecule has 1 aliphatic heterocycles. The molecule has 1 aromatic rings. The number of rotatable bonds is 10. The Hall–Kier alpha value is -2.71. The van der Waals surface area contributed by atoms with Gasteiger partial charge in [0.2, 0.25) is 5.91 Å². The molecule has 0 atom stereocenters. The third-order valence-corrected chi connectivity index (χ3v) is 4.55. The quantitative estimate of drug-likeness (QED) is 0.599. The second-order valence-electron chi connectivity index (χ2n) is 7.03. The number of anilines is 1. The van der Waals surface area contributed by atoms with Crippen LogP contribution in [0.25, 0.3) is 5.57 Å². The highest BCUT2D eigenvalue weighted by Gasteiger charge is 2.42. The molecule has 0 radical (unpaired) electrons. The summed E-state index contributed by atoms with van der Waals surface area (Å²) in [6, 6.07) is 6.63. The van der Waals surface area contributed by atoms with Crippen LogP contribution in [0.5, 0.6) is 0 Å². The lowest BCUT2D eigenvalue weighted by atomic mass is 10.0. The van der Waals surface area contributed by atoms with Crippen LogP contribution in [0.1, 0.15) is 26.3 Å². The Labute approximate surface area is 171 Å². The summed E-state index contributed by atoms with van der Waals surface area (Å²) in [5.74, 6) is -0.827. The fourth-order valence-electron chi connectivity index (χ4n) is 3.22. The fraction of sp³-hybridized carbons (Fsp3) is 0.476. The average molecular weight is 403 g/mol. The number of imide groups is 1. The predicted molar refractivity (Wildman–Crippen MR) is 110 cm³/mol. The Bertz CT molecular complexity index is 778. The van der Waals surface area contributed by atoms with Crippen LogP contribution in [0, 0.1) is 0 Å². The number of methoxy groups -OCH3 is 2. The number of ether oxygens (including phenoxy) is 2. The van der Waals surface area contributed by atoms with E-state index in [-0.39, 0.29) is 23.8 Å². The van der Waals surface area contributed by atoms with Crippen LogP contribution < -0.4 is 5.32 Å². The first-order valence-electron chi connectivity index (χ1n) is 9.54. The molecule has 0 fully saturated rings. The lowest BCUT2D eigenvalue weighted by molar-refractivity contribution is -0.139. The van der Waals surface area contributed by atoms with Crippen LogP contribution in [-0.2, 0) is 23.9 Å². The molecule has 8 nitrogen and oxygen atoms in total. The number of hydrogen-bond acceptors (Lipinski definition) is 6. The van der Waals surface area contributed by atoms with Crippen molar-refractivity contribution in [3.63, 3.8) is 0 Å². The Morgan fingerprint density at radius 3 is 2.03 bits per heavy atom. The standard InChI is InChI=1S/C21H29N3O5/c1-14(2)24-20(26)18(16-6-8-17(9-7-16)22-15(3)25)19(21(24)27)23(10-12-28-4)11-13-29-5/h6-9,14H,10-13H2,1-5H3,(H,22,25). The first-order valence-corrected chi connectivity index (χ1v) is 9.54. The second-order valence-corrected chi connectivity index (χ2v) is 7.03. The maximum Gasteiger partial charge on any atom is 0.278 e. The van der Waals surface area contributed by atoms with E-state index < -0.39 is 0 Å². The molecule has 0 saturated heterocycles. The van der Waals surface area contributed by atoms with Gasteiger partial charge in [0.15, 0.2) is 0 Å². The van der Waals surface area contributed by atoms with Crippen molar-refractivity contribution in [1.82, 2.24) is 9.80 Å². The van der Waals surface area contributed by atoms with Crippen LogP contribution in [0.15, 0.2) is 30.0 Å². The Morgan fingerprint density at radius 2 is 1.59 bits per heavy atom. The van der Waals surface area contributed by atoms with Gasteiger partial charge in [-0.2, -0.15) is 0 Å². The molecule has 1 N–H and O–H groups in total. The molecule has 0 aromatic heterocycles. The van der Waals surface area contributed by atoms with E-state index in [2.05, 4.69) is 5.32 Å². The summed E-state index contributed by atoms with van der Waals surface area (Å²) in [6.45, 7) is 6.77. The second kappa shape index (κ2) is 10.2. The van der Waals surface area contributed by atoms with E-state index in [9.17, 15) is 14.4 Å². The van der Waals surface area contributed by atoms with Gasteiger partial charge in [0.25, 0.3) is 11.8 Å². The van der Waals surface area contributed by atoms with Crippen molar-refractivity contribution in [2.24, 2.45) is 0 Å². The predicted octanol–water partition coefficient (Wildman–Crippen LogP) is 1.73. The van der Waals surface area contributed by atoms with Gasteiger partial charge in [-0.3, -0.25) is 19.3 Å². The minimum Gasteiger partial charge on any atom is -0.383 e.